The van der Waals surface area contributed by atoms with E-state index in [0.29, 0.717) is 0 Å². The molecule has 24 heavy (non-hydrogen) atoms. The first-order valence-corrected chi connectivity index (χ1v) is 13.9. The Morgan fingerprint density at radius 1 is 0.792 bits per heavy atom. The summed E-state index contributed by atoms with van der Waals surface area (Å²) in [5.41, 5.74) is 0. The van der Waals surface area contributed by atoms with Crippen LogP contribution in [0.3, 0.4) is 0 Å². The molecule has 2 nitrogen and oxygen atoms in total. The van der Waals surface area contributed by atoms with Crippen LogP contribution in [0.4, 0.5) is 0 Å². The Bertz CT molecular complexity index is 456. The van der Waals surface area contributed by atoms with Crippen molar-refractivity contribution >= 4 is 39.7 Å². The van der Waals surface area contributed by atoms with Gasteiger partial charge in [-0.05, 0) is 47.8 Å². The average Bonchev–Trinajstić information content (AvgIpc) is 2.28. The average molecular weight is 442 g/mol. The molecule has 0 atom stereocenters. The van der Waals surface area contributed by atoms with Gasteiger partial charge in [-0.1, -0.05) is 41.5 Å². The molecule has 0 bridgehead atoms. The zero-order valence-corrected chi connectivity index (χ0v) is 22.1. The third-order valence-corrected chi connectivity index (χ3v) is 13.8. The van der Waals surface area contributed by atoms with Crippen LogP contribution in [0.15, 0.2) is 18.2 Å². The van der Waals surface area contributed by atoms with E-state index < -0.39 is 16.6 Å². The van der Waals surface area contributed by atoms with Gasteiger partial charge in [0.05, 0.1) is 0 Å². The van der Waals surface area contributed by atoms with Gasteiger partial charge in [-0.25, -0.2) is 0 Å². The Balaban J connectivity index is 0. The van der Waals surface area contributed by atoms with E-state index in [1.165, 1.54) is 0 Å². The second kappa shape index (κ2) is 8.93. The van der Waals surface area contributed by atoms with Gasteiger partial charge in [0, 0.05) is 0 Å². The van der Waals surface area contributed by atoms with E-state index in [1.54, 1.807) is 0 Å². The van der Waals surface area contributed by atoms with Crippen LogP contribution in [0.1, 0.15) is 41.5 Å². The summed E-state index contributed by atoms with van der Waals surface area (Å²) in [6.07, 6.45) is 0. The van der Waals surface area contributed by atoms with Gasteiger partial charge < -0.3 is 25.8 Å². The molecule has 0 spiro atoms. The molecule has 0 aliphatic heterocycles. The Hall–Kier alpha value is 0.500. The zero-order chi connectivity index (χ0) is 17.4. The molecule has 0 N–H and O–H groups in total. The summed E-state index contributed by atoms with van der Waals surface area (Å²) >= 11 is 0. The molecule has 1 aromatic carbocycles. The van der Waals surface area contributed by atoms with Crippen LogP contribution in [-0.4, -0.2) is 39.7 Å². The summed E-state index contributed by atoms with van der Waals surface area (Å²) < 4.78 is 12.5. The van der Waals surface area contributed by atoms with Crippen LogP contribution < -0.4 is 25.8 Å². The van der Waals surface area contributed by atoms with Crippen molar-refractivity contribution in [2.45, 2.75) is 77.8 Å². The Kier molecular flexibility index (Phi) is 9.94. The van der Waals surface area contributed by atoms with Gasteiger partial charge in [0.1, 0.15) is 0 Å². The summed E-state index contributed by atoms with van der Waals surface area (Å²) in [4.78, 5) is 0. The van der Waals surface area contributed by atoms with Crippen LogP contribution in [0.25, 0.3) is 0 Å². The third kappa shape index (κ3) is 7.02. The van der Waals surface area contributed by atoms with Gasteiger partial charge in [0.25, 0.3) is 0 Å². The fourth-order valence-electron chi connectivity index (χ4n) is 1.40. The predicted molar refractivity (Wildman–Crippen MR) is 107 cm³/mol. The Morgan fingerprint density at radius 2 is 1.21 bits per heavy atom. The van der Waals surface area contributed by atoms with Crippen molar-refractivity contribution in [2.24, 2.45) is 0 Å². The first-order valence-electron chi connectivity index (χ1n) is 8.05. The molecule has 0 aromatic heterocycles. The molecule has 0 saturated heterocycles. The van der Waals surface area contributed by atoms with Gasteiger partial charge in [0.15, 0.2) is 0 Å². The summed E-state index contributed by atoms with van der Waals surface area (Å²) in [5.74, 6) is 1.73. The van der Waals surface area contributed by atoms with Crippen molar-refractivity contribution in [3.8, 4) is 11.5 Å². The molecule has 0 unspecified atom stereocenters. The number of rotatable bonds is 4. The molecule has 134 valence electrons. The molecule has 0 radical (unpaired) electrons. The molecular weight excluding hydrogens is 409 g/mol. The quantitative estimate of drug-likeness (QED) is 0.528. The normalized spacial score (nSPS) is 12.8. The Morgan fingerprint density at radius 3 is 1.54 bits per heavy atom. The minimum Gasteiger partial charge on any atom is -1.00 e. The predicted octanol–water partition coefficient (Wildman–Crippen LogP) is 2.88. The van der Waals surface area contributed by atoms with Gasteiger partial charge in [-0.2, -0.15) is 0 Å². The van der Waals surface area contributed by atoms with E-state index in [9.17, 15) is 0 Å². The maximum absolute atomic E-state index is 6.28. The van der Waals surface area contributed by atoms with E-state index in [2.05, 4.69) is 73.8 Å². The van der Waals surface area contributed by atoms with Crippen molar-refractivity contribution in [1.29, 1.82) is 0 Å². The number of benzene rings is 1. The molecule has 0 amide bonds. The largest absolute Gasteiger partial charge is 2.00 e. The standard InChI is InChI=1S/C18H33O2Si2.BrH.Mg/c1-17(2,3)21(7,8)19-15-11-13-16(14-12-15)20-22(9,10)18(4,5)6;;/h11-13H,1-10H3;1H;/q-1;;+2/p-1. The minimum absolute atomic E-state index is 0. The SMILES string of the molecule is CC(C)(C)[Si](C)(C)Oc1[c-]cc(O[Si](C)(C)C(C)(C)C)cc1.[Br-].[Mg+2]. The fraction of sp³-hybridized carbons (Fsp3) is 0.667. The maximum atomic E-state index is 6.28. The first-order chi connectivity index (χ1) is 9.66. The van der Waals surface area contributed by atoms with E-state index in [1.807, 2.05) is 18.2 Å². The molecule has 0 saturated carbocycles. The van der Waals surface area contributed by atoms with Crippen LogP contribution in [0.5, 0.6) is 11.5 Å². The molecule has 6 heteroatoms. The molecule has 1 rings (SSSR count). The van der Waals surface area contributed by atoms with E-state index >= 15 is 0 Å². The second-order valence-corrected chi connectivity index (χ2v) is 18.6. The molecule has 0 heterocycles. The smallest absolute Gasteiger partial charge is 1.00 e. The van der Waals surface area contributed by atoms with Crippen molar-refractivity contribution < 1.29 is 25.8 Å². The zero-order valence-electron chi connectivity index (χ0n) is 17.1. The van der Waals surface area contributed by atoms with E-state index in [-0.39, 0.29) is 50.1 Å². The van der Waals surface area contributed by atoms with Gasteiger partial charge in [0.2, 0.25) is 16.6 Å². The van der Waals surface area contributed by atoms with Crippen molar-refractivity contribution in [2.75, 3.05) is 0 Å². The van der Waals surface area contributed by atoms with Crippen LogP contribution >= 0.6 is 0 Å². The van der Waals surface area contributed by atoms with Crippen LogP contribution in [0.2, 0.25) is 36.3 Å². The molecule has 0 aliphatic carbocycles. The fourth-order valence-corrected chi connectivity index (χ4v) is 3.40. The van der Waals surface area contributed by atoms with E-state index in [0.717, 1.165) is 11.5 Å². The van der Waals surface area contributed by atoms with Crippen LogP contribution in [0, 0.1) is 6.07 Å². The van der Waals surface area contributed by atoms with Crippen molar-refractivity contribution in [3.63, 3.8) is 0 Å². The molecule has 0 aliphatic rings. The second-order valence-electron chi connectivity index (χ2n) is 9.11. The molecule has 1 aromatic rings. The summed E-state index contributed by atoms with van der Waals surface area (Å²) in [7, 11) is -3.60. The van der Waals surface area contributed by atoms with Crippen molar-refractivity contribution in [1.82, 2.24) is 0 Å². The topological polar surface area (TPSA) is 18.5 Å². The van der Waals surface area contributed by atoms with Gasteiger partial charge in [-0.3, -0.25) is 0 Å². The third-order valence-electron chi connectivity index (χ3n) is 5.11. The van der Waals surface area contributed by atoms with Gasteiger partial charge in [-0.15, -0.1) is 24.3 Å². The monoisotopic (exact) mass is 440 g/mol. The minimum atomic E-state index is -1.80. The number of hydrogen-bond acceptors (Lipinski definition) is 2. The Labute approximate surface area is 178 Å². The van der Waals surface area contributed by atoms with Crippen LogP contribution in [-0.2, 0) is 0 Å². The summed E-state index contributed by atoms with van der Waals surface area (Å²) in [5, 5.41) is 0.389. The molecule has 0 fully saturated rings. The number of halogens is 1. The summed E-state index contributed by atoms with van der Waals surface area (Å²) in [6.45, 7) is 22.5. The molecular formula is C18H33BrMgO2Si2. The maximum Gasteiger partial charge on any atom is 2.00 e. The van der Waals surface area contributed by atoms with Crippen molar-refractivity contribution in [3.05, 3.63) is 24.3 Å². The van der Waals surface area contributed by atoms with Gasteiger partial charge >= 0.3 is 23.1 Å². The number of hydrogen-bond donors (Lipinski definition) is 0. The first kappa shape index (κ1) is 26.7. The summed E-state index contributed by atoms with van der Waals surface area (Å²) in [6, 6.07) is 9.17. The van der Waals surface area contributed by atoms with E-state index in [4.69, 9.17) is 8.85 Å².